The molecule has 0 unspecified atom stereocenters. The highest BCUT2D eigenvalue weighted by atomic mass is 35.5. The van der Waals surface area contributed by atoms with Crippen molar-refractivity contribution >= 4 is 17.6 Å². The van der Waals surface area contributed by atoms with E-state index in [0.717, 1.165) is 0 Å². The van der Waals surface area contributed by atoms with Crippen LogP contribution in [0.3, 0.4) is 0 Å². The van der Waals surface area contributed by atoms with E-state index in [9.17, 15) is 10.0 Å². The van der Waals surface area contributed by atoms with Crippen LogP contribution in [-0.2, 0) is 9.80 Å². The van der Waals surface area contributed by atoms with Gasteiger partial charge in [-0.1, -0.05) is 11.6 Å². The Kier molecular flexibility index (Phi) is 1.51. The van der Waals surface area contributed by atoms with E-state index in [4.69, 9.17) is 16.3 Å². The van der Waals surface area contributed by atoms with E-state index in [1.165, 1.54) is 25.3 Å². The Bertz CT molecular complexity index is 389. The van der Waals surface area contributed by atoms with Gasteiger partial charge in [0, 0.05) is 13.0 Å². The first kappa shape index (κ1) is 8.31. The average Bonchev–Trinajstić information content (AvgIpc) is 2.24. The topological polar surface area (TPSA) is 53.2 Å². The quantitative estimate of drug-likeness (QED) is 0.270. The zero-order valence-electron chi connectivity index (χ0n) is 6.78. The SMILES string of the molecule is C[C@]1(Cl)OC(=O)c2ccc[n+]([O-])c21. The van der Waals surface area contributed by atoms with Gasteiger partial charge in [0.15, 0.2) is 6.20 Å². The third-order valence-corrected chi connectivity index (χ3v) is 2.14. The molecular formula is C8H6ClNO3. The zero-order valence-corrected chi connectivity index (χ0v) is 7.54. The summed E-state index contributed by atoms with van der Waals surface area (Å²) in [6, 6.07) is 2.99. The first-order valence-electron chi connectivity index (χ1n) is 3.67. The second kappa shape index (κ2) is 2.35. The molecule has 4 nitrogen and oxygen atoms in total. The van der Waals surface area contributed by atoms with Gasteiger partial charge in [-0.15, -0.1) is 0 Å². The number of carbonyl (C=O) groups is 1. The largest absolute Gasteiger partial charge is 0.618 e. The number of ether oxygens (including phenoxy) is 1. The van der Waals surface area contributed by atoms with Crippen molar-refractivity contribution in [1.29, 1.82) is 0 Å². The predicted molar refractivity (Wildman–Crippen MR) is 44.0 cm³/mol. The first-order valence-corrected chi connectivity index (χ1v) is 4.05. The average molecular weight is 200 g/mol. The van der Waals surface area contributed by atoms with Crippen molar-refractivity contribution in [1.82, 2.24) is 0 Å². The van der Waals surface area contributed by atoms with Gasteiger partial charge in [0.2, 0.25) is 0 Å². The summed E-state index contributed by atoms with van der Waals surface area (Å²) in [7, 11) is 0. The van der Waals surface area contributed by atoms with Gasteiger partial charge in [-0.3, -0.25) is 0 Å². The van der Waals surface area contributed by atoms with Crippen molar-refractivity contribution in [2.75, 3.05) is 0 Å². The van der Waals surface area contributed by atoms with Crippen LogP contribution in [0.25, 0.3) is 0 Å². The fraction of sp³-hybridized carbons (Fsp3) is 0.250. The summed E-state index contributed by atoms with van der Waals surface area (Å²) in [5.41, 5.74) is 0.386. The van der Waals surface area contributed by atoms with Crippen LogP contribution in [0.15, 0.2) is 18.3 Å². The van der Waals surface area contributed by atoms with Crippen molar-refractivity contribution < 1.29 is 14.3 Å². The van der Waals surface area contributed by atoms with Gasteiger partial charge >= 0.3 is 5.97 Å². The van der Waals surface area contributed by atoms with Crippen molar-refractivity contribution in [2.45, 2.75) is 12.0 Å². The van der Waals surface area contributed by atoms with Crippen LogP contribution in [0.4, 0.5) is 0 Å². The fourth-order valence-corrected chi connectivity index (χ4v) is 1.62. The molecule has 0 fully saturated rings. The molecule has 13 heavy (non-hydrogen) atoms. The highest BCUT2D eigenvalue weighted by Gasteiger charge is 2.47. The van der Waals surface area contributed by atoms with Crippen molar-refractivity contribution in [2.24, 2.45) is 0 Å². The van der Waals surface area contributed by atoms with Crippen LogP contribution in [0.1, 0.15) is 23.0 Å². The number of rotatable bonds is 0. The molecule has 0 aliphatic carbocycles. The molecule has 1 aromatic rings. The number of hydrogen-bond donors (Lipinski definition) is 0. The number of pyridine rings is 1. The van der Waals surface area contributed by atoms with Crippen molar-refractivity contribution in [3.8, 4) is 0 Å². The third-order valence-electron chi connectivity index (χ3n) is 1.89. The Morgan fingerprint density at radius 1 is 1.69 bits per heavy atom. The van der Waals surface area contributed by atoms with E-state index in [0.29, 0.717) is 4.73 Å². The number of halogens is 1. The summed E-state index contributed by atoms with van der Waals surface area (Å²) in [5, 5.41) is 9.93. The lowest BCUT2D eigenvalue weighted by atomic mass is 10.2. The lowest BCUT2D eigenvalue weighted by molar-refractivity contribution is -0.618. The van der Waals surface area contributed by atoms with E-state index in [1.54, 1.807) is 0 Å². The molecule has 1 aliphatic heterocycles. The van der Waals surface area contributed by atoms with Gasteiger partial charge in [0.25, 0.3) is 10.8 Å². The summed E-state index contributed by atoms with van der Waals surface area (Å²) >= 11 is 5.83. The highest BCUT2D eigenvalue weighted by Crippen LogP contribution is 2.36. The van der Waals surface area contributed by atoms with E-state index >= 15 is 0 Å². The number of hydrogen-bond acceptors (Lipinski definition) is 3. The first-order chi connectivity index (χ1) is 6.02. The molecule has 5 heteroatoms. The van der Waals surface area contributed by atoms with E-state index in [2.05, 4.69) is 0 Å². The van der Waals surface area contributed by atoms with Gasteiger partial charge < -0.3 is 9.94 Å². The number of nitrogens with zero attached hydrogens (tertiary/aromatic N) is 1. The second-order valence-electron chi connectivity index (χ2n) is 2.90. The monoisotopic (exact) mass is 199 g/mol. The van der Waals surface area contributed by atoms with Crippen molar-refractivity contribution in [3.63, 3.8) is 0 Å². The molecule has 1 atom stereocenters. The maximum absolute atomic E-state index is 11.3. The molecule has 1 aromatic heterocycles. The van der Waals surface area contributed by atoms with Gasteiger partial charge in [0.05, 0.1) is 0 Å². The maximum atomic E-state index is 11.3. The van der Waals surface area contributed by atoms with Crippen molar-refractivity contribution in [3.05, 3.63) is 34.8 Å². The Balaban J connectivity index is 2.73. The zero-order chi connectivity index (χ0) is 9.64. The molecule has 0 radical (unpaired) electrons. The predicted octanol–water partition coefficient (Wildman–Crippen LogP) is 0.902. The van der Waals surface area contributed by atoms with Gasteiger partial charge in [-0.2, -0.15) is 4.73 Å². The number of cyclic esters (lactones) is 1. The number of aromatic nitrogens is 1. The van der Waals surface area contributed by atoms with E-state index in [-0.39, 0.29) is 11.3 Å². The Morgan fingerprint density at radius 2 is 2.38 bits per heavy atom. The number of alkyl halides is 1. The Hall–Kier alpha value is -1.29. The van der Waals surface area contributed by atoms with Crippen LogP contribution in [0.2, 0.25) is 0 Å². The minimum absolute atomic E-state index is 0.154. The van der Waals surface area contributed by atoms with Gasteiger partial charge in [0.1, 0.15) is 5.56 Å². The summed E-state index contributed by atoms with van der Waals surface area (Å²) < 4.78 is 5.35. The van der Waals surface area contributed by atoms with Crippen LogP contribution < -0.4 is 4.73 Å². The maximum Gasteiger partial charge on any atom is 0.347 e. The molecule has 0 spiro atoms. The molecule has 0 bridgehead atoms. The molecule has 0 saturated carbocycles. The Labute approximate surface area is 79.3 Å². The van der Waals surface area contributed by atoms with E-state index in [1.807, 2.05) is 0 Å². The minimum atomic E-state index is -1.34. The standard InChI is InChI=1S/C8H6ClNO3/c1-8(9)6-5(7(11)13-8)3-2-4-10(6)12/h2-4H,1H3/t8-/m0/s1. The fourth-order valence-electron chi connectivity index (χ4n) is 1.37. The molecule has 0 aromatic carbocycles. The van der Waals surface area contributed by atoms with Gasteiger partial charge in [-0.25, -0.2) is 4.79 Å². The third kappa shape index (κ3) is 1.06. The molecule has 0 N–H and O–H groups in total. The smallest absolute Gasteiger partial charge is 0.347 e. The summed E-state index contributed by atoms with van der Waals surface area (Å²) in [6.07, 6.45) is 1.28. The normalized spacial score (nSPS) is 25.5. The molecule has 2 heterocycles. The molecular weight excluding hydrogens is 194 g/mol. The molecule has 0 amide bonds. The lowest BCUT2D eigenvalue weighted by Gasteiger charge is -2.12. The number of carbonyl (C=O) groups excluding carboxylic acids is 1. The summed E-state index contributed by atoms with van der Waals surface area (Å²) in [6.45, 7) is 1.46. The summed E-state index contributed by atoms with van der Waals surface area (Å²) in [5.74, 6) is -0.558. The second-order valence-corrected chi connectivity index (χ2v) is 3.62. The van der Waals surface area contributed by atoms with Crippen LogP contribution in [0, 0.1) is 5.21 Å². The minimum Gasteiger partial charge on any atom is -0.618 e. The number of esters is 1. The molecule has 1 aliphatic rings. The summed E-state index contributed by atoms with van der Waals surface area (Å²) in [4.78, 5) is 11.2. The van der Waals surface area contributed by atoms with Crippen LogP contribution in [-0.4, -0.2) is 5.97 Å². The molecule has 0 saturated heterocycles. The van der Waals surface area contributed by atoms with Crippen LogP contribution in [0.5, 0.6) is 0 Å². The molecule has 68 valence electrons. The van der Waals surface area contributed by atoms with Gasteiger partial charge in [-0.05, 0) is 6.07 Å². The van der Waals surface area contributed by atoms with E-state index < -0.39 is 11.0 Å². The molecule has 2 rings (SSSR count). The van der Waals surface area contributed by atoms with Crippen LogP contribution >= 0.6 is 11.6 Å². The number of fused-ring (bicyclic) bond motifs is 1. The highest BCUT2D eigenvalue weighted by molar-refractivity contribution is 6.25. The Morgan fingerprint density at radius 3 is 3.00 bits per heavy atom. The lowest BCUT2D eigenvalue weighted by Crippen LogP contribution is -2.36.